The van der Waals surface area contributed by atoms with Gasteiger partial charge in [0.2, 0.25) is 0 Å². The van der Waals surface area contributed by atoms with Crippen LogP contribution >= 0.6 is 0 Å². The van der Waals surface area contributed by atoms with Gasteiger partial charge in [-0.2, -0.15) is 0 Å². The minimum Gasteiger partial charge on any atom is -0.306 e. The molecule has 72 valence electrons. The number of aromatic nitrogens is 2. The number of aryl methyl sites for hydroxylation is 1. The third-order valence-corrected chi connectivity index (χ3v) is 2.50. The van der Waals surface area contributed by atoms with Gasteiger partial charge >= 0.3 is 0 Å². The van der Waals surface area contributed by atoms with Crippen LogP contribution in [-0.2, 0) is 17.5 Å². The summed E-state index contributed by atoms with van der Waals surface area (Å²) in [4.78, 5) is 8.09. The van der Waals surface area contributed by atoms with Gasteiger partial charge < -0.3 is 4.55 Å². The maximum atomic E-state index is 10.6. The first-order valence-corrected chi connectivity index (χ1v) is 5.13. The van der Waals surface area contributed by atoms with Crippen molar-refractivity contribution in [3.8, 4) is 0 Å². The fourth-order valence-electron chi connectivity index (χ4n) is 0.853. The standard InChI is InChI=1S/C8H12N2O2S/c1-6-4-9-8(10-5-6)3-7(2)13(11)12/h4-5,7H,3H2,1-2H3,(H,11,12)/t7-/m0/s1. The molecule has 0 fully saturated rings. The summed E-state index contributed by atoms with van der Waals surface area (Å²) in [5.41, 5.74) is 0.988. The van der Waals surface area contributed by atoms with Crippen molar-refractivity contribution in [2.24, 2.45) is 0 Å². The van der Waals surface area contributed by atoms with Gasteiger partial charge in [0.05, 0.1) is 5.25 Å². The zero-order chi connectivity index (χ0) is 9.84. The van der Waals surface area contributed by atoms with Crippen molar-refractivity contribution in [3.05, 3.63) is 23.8 Å². The van der Waals surface area contributed by atoms with Crippen LogP contribution in [0, 0.1) is 6.92 Å². The molecule has 13 heavy (non-hydrogen) atoms. The minimum atomic E-state index is -1.80. The van der Waals surface area contributed by atoms with Crippen LogP contribution in [0.4, 0.5) is 0 Å². The molecule has 2 atom stereocenters. The van der Waals surface area contributed by atoms with E-state index in [0.717, 1.165) is 5.56 Å². The Balaban J connectivity index is 2.64. The van der Waals surface area contributed by atoms with Crippen molar-refractivity contribution >= 4 is 11.1 Å². The number of hydrogen-bond donors (Lipinski definition) is 1. The molecule has 0 saturated carbocycles. The van der Waals surface area contributed by atoms with Crippen molar-refractivity contribution < 1.29 is 8.76 Å². The van der Waals surface area contributed by atoms with Gasteiger partial charge in [-0.3, -0.25) is 0 Å². The molecular formula is C8H12N2O2S. The normalized spacial score (nSPS) is 15.3. The van der Waals surface area contributed by atoms with Crippen molar-refractivity contribution in [1.29, 1.82) is 0 Å². The highest BCUT2D eigenvalue weighted by atomic mass is 32.2. The quantitative estimate of drug-likeness (QED) is 0.737. The van der Waals surface area contributed by atoms with Gasteiger partial charge in [-0.25, -0.2) is 14.2 Å². The minimum absolute atomic E-state index is 0.317. The Morgan fingerprint density at radius 2 is 2.08 bits per heavy atom. The second-order valence-corrected chi connectivity index (χ2v) is 4.32. The van der Waals surface area contributed by atoms with E-state index in [1.54, 1.807) is 19.3 Å². The van der Waals surface area contributed by atoms with Crippen LogP contribution in [0.15, 0.2) is 12.4 Å². The van der Waals surface area contributed by atoms with Gasteiger partial charge in [0.15, 0.2) is 11.1 Å². The van der Waals surface area contributed by atoms with Crippen LogP contribution in [0.25, 0.3) is 0 Å². The molecule has 0 radical (unpaired) electrons. The zero-order valence-corrected chi connectivity index (χ0v) is 8.41. The lowest BCUT2D eigenvalue weighted by Gasteiger charge is -2.04. The van der Waals surface area contributed by atoms with E-state index in [9.17, 15) is 4.21 Å². The van der Waals surface area contributed by atoms with Crippen LogP contribution in [0.1, 0.15) is 18.3 Å². The van der Waals surface area contributed by atoms with Crippen molar-refractivity contribution in [1.82, 2.24) is 9.97 Å². The average Bonchev–Trinajstić information content (AvgIpc) is 2.08. The lowest BCUT2D eigenvalue weighted by atomic mass is 10.3. The molecule has 1 unspecified atom stereocenters. The SMILES string of the molecule is Cc1cnc(C[C@H](C)S(=O)O)nc1. The molecule has 0 aromatic carbocycles. The molecule has 1 aromatic heterocycles. The van der Waals surface area contributed by atoms with E-state index >= 15 is 0 Å². The Kier molecular flexibility index (Phi) is 3.50. The lowest BCUT2D eigenvalue weighted by Crippen LogP contribution is -2.14. The van der Waals surface area contributed by atoms with Crippen LogP contribution < -0.4 is 0 Å². The zero-order valence-electron chi connectivity index (χ0n) is 7.60. The van der Waals surface area contributed by atoms with Crippen LogP contribution in [0.3, 0.4) is 0 Å². The second-order valence-electron chi connectivity index (χ2n) is 2.97. The maximum Gasteiger partial charge on any atom is 0.156 e. The fraction of sp³-hybridized carbons (Fsp3) is 0.500. The van der Waals surface area contributed by atoms with Crippen LogP contribution in [0.2, 0.25) is 0 Å². The Hall–Kier alpha value is -0.810. The van der Waals surface area contributed by atoms with Crippen LogP contribution in [0.5, 0.6) is 0 Å². The first-order valence-electron chi connectivity index (χ1n) is 3.97. The van der Waals surface area contributed by atoms with E-state index in [1.165, 1.54) is 0 Å². The lowest BCUT2D eigenvalue weighted by molar-refractivity contribution is 0.548. The third kappa shape index (κ3) is 3.20. The highest BCUT2D eigenvalue weighted by Crippen LogP contribution is 2.01. The summed E-state index contributed by atoms with van der Waals surface area (Å²) in [7, 11) is 0. The molecule has 1 N–H and O–H groups in total. The van der Waals surface area contributed by atoms with E-state index < -0.39 is 11.1 Å². The number of hydrogen-bond acceptors (Lipinski definition) is 3. The molecule has 0 amide bonds. The summed E-state index contributed by atoms with van der Waals surface area (Å²) in [6, 6.07) is 0. The smallest absolute Gasteiger partial charge is 0.156 e. The van der Waals surface area contributed by atoms with Crippen molar-refractivity contribution in [3.63, 3.8) is 0 Å². The van der Waals surface area contributed by atoms with Crippen molar-refractivity contribution in [2.75, 3.05) is 0 Å². The molecule has 0 aliphatic rings. The molecule has 0 aliphatic carbocycles. The third-order valence-electron chi connectivity index (χ3n) is 1.65. The molecule has 0 bridgehead atoms. The van der Waals surface area contributed by atoms with Gasteiger partial charge in [0.1, 0.15) is 5.82 Å². The largest absolute Gasteiger partial charge is 0.306 e. The van der Waals surface area contributed by atoms with Gasteiger partial charge in [-0.1, -0.05) is 0 Å². The highest BCUT2D eigenvalue weighted by Gasteiger charge is 2.10. The summed E-state index contributed by atoms with van der Waals surface area (Å²) in [6.45, 7) is 3.59. The predicted octanol–water partition coefficient (Wildman–Crippen LogP) is 0.938. The topological polar surface area (TPSA) is 63.1 Å². The fourth-order valence-corrected chi connectivity index (χ4v) is 1.14. The van der Waals surface area contributed by atoms with Crippen LogP contribution in [-0.4, -0.2) is 24.0 Å². The Bertz CT molecular complexity index is 300. The second kappa shape index (κ2) is 4.43. The Morgan fingerprint density at radius 3 is 2.54 bits per heavy atom. The number of nitrogens with zero attached hydrogens (tertiary/aromatic N) is 2. The first kappa shape index (κ1) is 10.3. The first-order chi connectivity index (χ1) is 6.09. The van der Waals surface area contributed by atoms with E-state index in [0.29, 0.717) is 12.2 Å². The molecule has 0 aliphatic heterocycles. The molecule has 0 spiro atoms. The highest BCUT2D eigenvalue weighted by molar-refractivity contribution is 7.79. The monoisotopic (exact) mass is 200 g/mol. The van der Waals surface area contributed by atoms with Gasteiger partial charge in [-0.05, 0) is 19.4 Å². The molecule has 1 rings (SSSR count). The van der Waals surface area contributed by atoms with Gasteiger partial charge in [0.25, 0.3) is 0 Å². The van der Waals surface area contributed by atoms with E-state index in [4.69, 9.17) is 4.55 Å². The Labute approximate surface area is 79.7 Å². The molecule has 5 heteroatoms. The molecule has 1 heterocycles. The maximum absolute atomic E-state index is 10.6. The van der Waals surface area contributed by atoms with E-state index in [2.05, 4.69) is 9.97 Å². The molecule has 4 nitrogen and oxygen atoms in total. The summed E-state index contributed by atoms with van der Waals surface area (Å²) >= 11 is -1.80. The molecular weight excluding hydrogens is 188 g/mol. The summed E-state index contributed by atoms with van der Waals surface area (Å²) < 4.78 is 19.4. The van der Waals surface area contributed by atoms with Gasteiger partial charge in [-0.15, -0.1) is 0 Å². The number of rotatable bonds is 3. The van der Waals surface area contributed by atoms with E-state index in [-0.39, 0.29) is 5.25 Å². The van der Waals surface area contributed by atoms with Gasteiger partial charge in [0, 0.05) is 18.8 Å². The van der Waals surface area contributed by atoms with Crippen molar-refractivity contribution in [2.45, 2.75) is 25.5 Å². The predicted molar refractivity (Wildman–Crippen MR) is 50.7 cm³/mol. The summed E-state index contributed by atoms with van der Waals surface area (Å²) in [5.74, 6) is 0.612. The summed E-state index contributed by atoms with van der Waals surface area (Å²) in [5, 5.41) is -0.317. The molecule has 1 aromatic rings. The van der Waals surface area contributed by atoms with E-state index in [1.807, 2.05) is 6.92 Å². The average molecular weight is 200 g/mol. The molecule has 0 saturated heterocycles. The summed E-state index contributed by atoms with van der Waals surface area (Å²) in [6.07, 6.45) is 3.84. The Morgan fingerprint density at radius 1 is 1.54 bits per heavy atom.